The monoisotopic (exact) mass is 392 g/mol. The number of hydrogen-bond acceptors (Lipinski definition) is 3. The van der Waals surface area contributed by atoms with Crippen molar-refractivity contribution >= 4 is 10.9 Å². The molecule has 2 heterocycles. The van der Waals surface area contributed by atoms with Crippen molar-refractivity contribution in [1.29, 1.82) is 0 Å². The summed E-state index contributed by atoms with van der Waals surface area (Å²) in [6.45, 7) is 9.12. The van der Waals surface area contributed by atoms with Crippen LogP contribution < -0.4 is 4.74 Å². The molecule has 0 bridgehead atoms. The van der Waals surface area contributed by atoms with Crippen LogP contribution >= 0.6 is 0 Å². The predicted molar refractivity (Wildman–Crippen MR) is 120 cm³/mol. The molecule has 3 nitrogen and oxygen atoms in total. The van der Waals surface area contributed by atoms with Gasteiger partial charge in [-0.2, -0.15) is 0 Å². The number of nitrogens with zero attached hydrogens (tertiary/aromatic N) is 2. The second kappa shape index (κ2) is 8.26. The standard InChI is InChI=1S/C26H36N2O/c1-18-9-10-20(15-18)26-22-8-5-7-21(22)23-16-19(2)25(17-24(23)27-26)29-14-6-13-28-11-3-4-12-28/h16-18,20H,3-15H2,1-2H3. The van der Waals surface area contributed by atoms with Crippen molar-refractivity contribution in [2.75, 3.05) is 26.2 Å². The molecule has 2 fully saturated rings. The molecular weight excluding hydrogens is 356 g/mol. The molecule has 3 heteroatoms. The fourth-order valence-electron chi connectivity index (χ4n) is 5.96. The van der Waals surface area contributed by atoms with Gasteiger partial charge in [0.25, 0.3) is 0 Å². The zero-order valence-corrected chi connectivity index (χ0v) is 18.3. The van der Waals surface area contributed by atoms with Crippen molar-refractivity contribution in [2.45, 2.75) is 77.6 Å². The molecule has 2 unspecified atom stereocenters. The zero-order valence-electron chi connectivity index (χ0n) is 18.3. The van der Waals surface area contributed by atoms with Crippen LogP contribution in [0, 0.1) is 12.8 Å². The molecule has 0 N–H and O–H groups in total. The van der Waals surface area contributed by atoms with Gasteiger partial charge in [0.1, 0.15) is 5.75 Å². The minimum absolute atomic E-state index is 0.674. The number of pyridine rings is 1. The number of fused-ring (bicyclic) bond motifs is 3. The van der Waals surface area contributed by atoms with E-state index in [2.05, 4.69) is 30.9 Å². The molecule has 0 radical (unpaired) electrons. The highest BCUT2D eigenvalue weighted by molar-refractivity contribution is 5.86. The number of aryl methyl sites for hydroxylation is 2. The second-order valence-corrected chi connectivity index (χ2v) is 9.81. The summed E-state index contributed by atoms with van der Waals surface area (Å²) in [6.07, 6.45) is 11.6. The van der Waals surface area contributed by atoms with Crippen LogP contribution in [0.15, 0.2) is 12.1 Å². The van der Waals surface area contributed by atoms with E-state index in [4.69, 9.17) is 9.72 Å². The van der Waals surface area contributed by atoms with Gasteiger partial charge < -0.3 is 9.64 Å². The Kier molecular flexibility index (Phi) is 5.51. The first-order valence-corrected chi connectivity index (χ1v) is 12.0. The van der Waals surface area contributed by atoms with E-state index in [1.54, 1.807) is 11.1 Å². The molecule has 5 rings (SSSR count). The van der Waals surface area contributed by atoms with Crippen molar-refractivity contribution in [2.24, 2.45) is 5.92 Å². The number of rotatable bonds is 6. The quantitative estimate of drug-likeness (QED) is 0.581. The first-order valence-electron chi connectivity index (χ1n) is 12.0. The number of benzene rings is 1. The number of hydrogen-bond donors (Lipinski definition) is 0. The Morgan fingerprint density at radius 1 is 1.07 bits per heavy atom. The lowest BCUT2D eigenvalue weighted by molar-refractivity contribution is 0.262. The van der Waals surface area contributed by atoms with Gasteiger partial charge in [0.2, 0.25) is 0 Å². The third kappa shape index (κ3) is 3.91. The summed E-state index contributed by atoms with van der Waals surface area (Å²) in [5, 5.41) is 1.38. The van der Waals surface area contributed by atoms with E-state index in [-0.39, 0.29) is 0 Å². The van der Waals surface area contributed by atoms with Crippen molar-refractivity contribution in [3.05, 3.63) is 34.5 Å². The molecule has 1 aliphatic heterocycles. The first-order chi connectivity index (χ1) is 14.2. The minimum atomic E-state index is 0.674. The fourth-order valence-corrected chi connectivity index (χ4v) is 5.96. The summed E-state index contributed by atoms with van der Waals surface area (Å²) in [7, 11) is 0. The molecule has 2 aliphatic carbocycles. The van der Waals surface area contributed by atoms with Crippen LogP contribution in [0.25, 0.3) is 10.9 Å². The molecule has 1 saturated carbocycles. The molecule has 2 atom stereocenters. The molecular formula is C26H36N2O. The number of aromatic nitrogens is 1. The number of likely N-dealkylation sites (tertiary alicyclic amines) is 1. The summed E-state index contributed by atoms with van der Waals surface area (Å²) in [4.78, 5) is 7.83. The van der Waals surface area contributed by atoms with E-state index >= 15 is 0 Å². The van der Waals surface area contributed by atoms with Gasteiger partial charge in [-0.15, -0.1) is 0 Å². The van der Waals surface area contributed by atoms with Gasteiger partial charge in [0.15, 0.2) is 0 Å². The molecule has 1 saturated heterocycles. The lowest BCUT2D eigenvalue weighted by Gasteiger charge is -2.18. The van der Waals surface area contributed by atoms with Crippen LogP contribution in [0.1, 0.15) is 80.2 Å². The van der Waals surface area contributed by atoms with Crippen molar-refractivity contribution in [3.8, 4) is 5.75 Å². The molecule has 29 heavy (non-hydrogen) atoms. The molecule has 0 amide bonds. The van der Waals surface area contributed by atoms with Gasteiger partial charge in [0, 0.05) is 29.6 Å². The Hall–Kier alpha value is -1.61. The lowest BCUT2D eigenvalue weighted by Crippen LogP contribution is -2.22. The van der Waals surface area contributed by atoms with Crippen LogP contribution in [0.5, 0.6) is 5.75 Å². The summed E-state index contributed by atoms with van der Waals surface area (Å²) >= 11 is 0. The molecule has 1 aromatic heterocycles. The predicted octanol–water partition coefficient (Wildman–Crippen LogP) is 5.80. The maximum Gasteiger partial charge on any atom is 0.124 e. The normalized spacial score (nSPS) is 24.5. The van der Waals surface area contributed by atoms with Gasteiger partial charge in [-0.1, -0.05) is 13.3 Å². The Bertz CT molecular complexity index is 884. The summed E-state index contributed by atoms with van der Waals surface area (Å²) < 4.78 is 6.24. The highest BCUT2D eigenvalue weighted by atomic mass is 16.5. The van der Waals surface area contributed by atoms with Crippen LogP contribution in [0.4, 0.5) is 0 Å². The molecule has 1 aromatic carbocycles. The number of ether oxygens (including phenoxy) is 1. The van der Waals surface area contributed by atoms with E-state index in [0.717, 1.165) is 24.7 Å². The Morgan fingerprint density at radius 3 is 2.69 bits per heavy atom. The van der Waals surface area contributed by atoms with Crippen LogP contribution in [-0.4, -0.2) is 36.1 Å². The van der Waals surface area contributed by atoms with Crippen LogP contribution in [0.2, 0.25) is 0 Å². The SMILES string of the molecule is Cc1cc2c3c(c(C4CCC(C)C4)nc2cc1OCCCN1CCCC1)CCC3. The van der Waals surface area contributed by atoms with E-state index in [0.29, 0.717) is 5.92 Å². The van der Waals surface area contributed by atoms with Crippen molar-refractivity contribution < 1.29 is 4.74 Å². The van der Waals surface area contributed by atoms with Gasteiger partial charge in [-0.05, 0) is 100 Å². The Balaban J connectivity index is 1.38. The van der Waals surface area contributed by atoms with Crippen LogP contribution in [-0.2, 0) is 12.8 Å². The topological polar surface area (TPSA) is 25.4 Å². The van der Waals surface area contributed by atoms with Crippen molar-refractivity contribution in [3.63, 3.8) is 0 Å². The van der Waals surface area contributed by atoms with Crippen molar-refractivity contribution in [1.82, 2.24) is 9.88 Å². The molecule has 3 aliphatic rings. The van der Waals surface area contributed by atoms with E-state index in [9.17, 15) is 0 Å². The zero-order chi connectivity index (χ0) is 19.8. The van der Waals surface area contributed by atoms with Gasteiger partial charge in [0.05, 0.1) is 12.1 Å². The van der Waals surface area contributed by atoms with Crippen LogP contribution in [0.3, 0.4) is 0 Å². The first kappa shape index (κ1) is 19.4. The smallest absolute Gasteiger partial charge is 0.124 e. The van der Waals surface area contributed by atoms with E-state index < -0.39 is 0 Å². The molecule has 2 aromatic rings. The maximum absolute atomic E-state index is 6.24. The fraction of sp³-hybridized carbons (Fsp3) is 0.654. The average molecular weight is 393 g/mol. The summed E-state index contributed by atoms with van der Waals surface area (Å²) in [6, 6.07) is 4.59. The third-order valence-corrected chi connectivity index (χ3v) is 7.54. The molecule has 0 spiro atoms. The maximum atomic E-state index is 6.24. The second-order valence-electron chi connectivity index (χ2n) is 9.81. The lowest BCUT2D eigenvalue weighted by atomic mass is 9.93. The van der Waals surface area contributed by atoms with E-state index in [1.165, 1.54) is 93.2 Å². The van der Waals surface area contributed by atoms with Gasteiger partial charge in [-0.3, -0.25) is 4.98 Å². The van der Waals surface area contributed by atoms with E-state index in [1.807, 2.05) is 0 Å². The average Bonchev–Trinajstić information content (AvgIpc) is 3.47. The third-order valence-electron chi connectivity index (χ3n) is 7.54. The highest BCUT2D eigenvalue weighted by Gasteiger charge is 2.29. The summed E-state index contributed by atoms with van der Waals surface area (Å²) in [5.74, 6) is 2.56. The Labute approximate surface area is 175 Å². The Morgan fingerprint density at radius 2 is 1.90 bits per heavy atom. The van der Waals surface area contributed by atoms with Gasteiger partial charge in [-0.25, -0.2) is 0 Å². The highest BCUT2D eigenvalue weighted by Crippen LogP contribution is 2.43. The van der Waals surface area contributed by atoms with Gasteiger partial charge >= 0.3 is 0 Å². The minimum Gasteiger partial charge on any atom is -0.493 e. The summed E-state index contributed by atoms with van der Waals surface area (Å²) in [5.41, 5.74) is 7.04. The largest absolute Gasteiger partial charge is 0.493 e. The molecule has 156 valence electrons.